The first-order valence-corrected chi connectivity index (χ1v) is 9.02. The van der Waals surface area contributed by atoms with Crippen molar-refractivity contribution < 1.29 is 23.9 Å². The van der Waals surface area contributed by atoms with E-state index in [0.29, 0.717) is 5.56 Å². The van der Waals surface area contributed by atoms with Crippen molar-refractivity contribution in [3.63, 3.8) is 0 Å². The van der Waals surface area contributed by atoms with Gasteiger partial charge in [0.05, 0.1) is 12.4 Å². The molecular weight excluding hydrogens is 356 g/mol. The summed E-state index contributed by atoms with van der Waals surface area (Å²) in [5, 5.41) is 4.34. The van der Waals surface area contributed by atoms with Crippen LogP contribution in [0.3, 0.4) is 0 Å². The topological polar surface area (TPSA) is 102 Å². The number of ether oxygens (including phenoxy) is 1. The average molecular weight is 380 g/mol. The molecule has 0 saturated carbocycles. The molecular formula is C18H24N2O5S. The van der Waals surface area contributed by atoms with E-state index in [0.717, 1.165) is 11.8 Å². The number of benzene rings is 1. The van der Waals surface area contributed by atoms with Gasteiger partial charge >= 0.3 is 5.97 Å². The van der Waals surface area contributed by atoms with E-state index in [2.05, 4.69) is 10.6 Å². The van der Waals surface area contributed by atoms with Crippen LogP contribution in [0.4, 0.5) is 0 Å². The predicted molar refractivity (Wildman–Crippen MR) is 99.6 cm³/mol. The highest BCUT2D eigenvalue weighted by Crippen LogP contribution is 2.20. The molecule has 2 N–H and O–H groups in total. The number of carbonyl (C=O) groups is 4. The molecule has 8 heteroatoms. The van der Waals surface area contributed by atoms with Crippen molar-refractivity contribution in [2.24, 2.45) is 5.92 Å². The molecule has 0 aliphatic carbocycles. The molecule has 1 rings (SSSR count). The molecule has 0 bridgehead atoms. The molecule has 2 atom stereocenters. The van der Waals surface area contributed by atoms with Crippen LogP contribution in [0.2, 0.25) is 0 Å². The van der Waals surface area contributed by atoms with E-state index in [1.165, 1.54) is 14.0 Å². The van der Waals surface area contributed by atoms with Crippen LogP contribution in [-0.2, 0) is 19.1 Å². The summed E-state index contributed by atoms with van der Waals surface area (Å²) < 4.78 is 4.69. The van der Waals surface area contributed by atoms with Gasteiger partial charge in [0.25, 0.3) is 5.91 Å². The second kappa shape index (κ2) is 10.6. The van der Waals surface area contributed by atoms with Crippen LogP contribution in [0.15, 0.2) is 30.3 Å². The maximum absolute atomic E-state index is 12.5. The largest absolute Gasteiger partial charge is 0.467 e. The summed E-state index contributed by atoms with van der Waals surface area (Å²) in [6.45, 7) is 4.88. The number of hydrogen-bond acceptors (Lipinski definition) is 6. The quantitative estimate of drug-likeness (QED) is 0.661. The van der Waals surface area contributed by atoms with E-state index >= 15 is 0 Å². The van der Waals surface area contributed by atoms with Crippen molar-refractivity contribution in [3.8, 4) is 0 Å². The van der Waals surface area contributed by atoms with Crippen LogP contribution < -0.4 is 10.6 Å². The highest BCUT2D eigenvalue weighted by atomic mass is 32.2. The molecule has 0 spiro atoms. The monoisotopic (exact) mass is 380 g/mol. The zero-order valence-corrected chi connectivity index (χ0v) is 16.1. The van der Waals surface area contributed by atoms with Gasteiger partial charge in [-0.15, -0.1) is 0 Å². The summed E-state index contributed by atoms with van der Waals surface area (Å²) in [5.74, 6) is -1.61. The highest BCUT2D eigenvalue weighted by Gasteiger charge is 2.29. The van der Waals surface area contributed by atoms with Gasteiger partial charge in [-0.3, -0.25) is 14.4 Å². The first-order valence-electron chi connectivity index (χ1n) is 8.15. The van der Waals surface area contributed by atoms with E-state index < -0.39 is 23.2 Å². The first kappa shape index (κ1) is 21.7. The Morgan fingerprint density at radius 2 is 1.73 bits per heavy atom. The molecule has 0 aliphatic rings. The minimum Gasteiger partial charge on any atom is -0.467 e. The lowest BCUT2D eigenvalue weighted by Gasteiger charge is -2.22. The number of methoxy groups -OCH3 is 1. The molecule has 1 aromatic rings. The fraction of sp³-hybridized carbons (Fsp3) is 0.444. The van der Waals surface area contributed by atoms with E-state index in [9.17, 15) is 19.2 Å². The molecule has 0 unspecified atom stereocenters. The van der Waals surface area contributed by atoms with Crippen LogP contribution in [0, 0.1) is 5.92 Å². The van der Waals surface area contributed by atoms with Gasteiger partial charge in [0.15, 0.2) is 5.12 Å². The molecule has 26 heavy (non-hydrogen) atoms. The third-order valence-electron chi connectivity index (χ3n) is 3.46. The Labute approximate surface area is 157 Å². The fourth-order valence-electron chi connectivity index (χ4n) is 2.15. The molecule has 0 saturated heterocycles. The van der Waals surface area contributed by atoms with Crippen molar-refractivity contribution in [2.45, 2.75) is 32.1 Å². The molecule has 2 amide bonds. The Bertz CT molecular complexity index is 648. The standard InChI is InChI=1S/C18H24N2O5S/c1-11(2)15(26-12(3)21)17(23)20-14(18(24)25-4)10-19-16(22)13-8-6-5-7-9-13/h5-9,11,14-15H,10H2,1-4H3,(H,19,22)(H,20,23)/t14-,15+/m0/s1. The Morgan fingerprint density at radius 3 is 2.23 bits per heavy atom. The zero-order valence-electron chi connectivity index (χ0n) is 15.3. The second-order valence-corrected chi connectivity index (χ2v) is 7.25. The highest BCUT2D eigenvalue weighted by molar-refractivity contribution is 8.14. The molecule has 0 aliphatic heterocycles. The van der Waals surface area contributed by atoms with Crippen LogP contribution in [0.1, 0.15) is 31.1 Å². The Morgan fingerprint density at radius 1 is 1.12 bits per heavy atom. The van der Waals surface area contributed by atoms with Crippen molar-refractivity contribution >= 4 is 34.7 Å². The normalized spacial score (nSPS) is 12.8. The van der Waals surface area contributed by atoms with E-state index in [1.54, 1.807) is 30.3 Å². The smallest absolute Gasteiger partial charge is 0.330 e. The zero-order chi connectivity index (χ0) is 19.7. The molecule has 0 radical (unpaired) electrons. The molecule has 1 aromatic carbocycles. The number of carbonyl (C=O) groups excluding carboxylic acids is 4. The van der Waals surface area contributed by atoms with Gasteiger partial charge in [0, 0.05) is 19.0 Å². The molecule has 142 valence electrons. The number of rotatable bonds is 8. The summed E-state index contributed by atoms with van der Waals surface area (Å²) in [4.78, 5) is 47.9. The SMILES string of the molecule is COC(=O)[C@H](CNC(=O)c1ccccc1)NC(=O)[C@H](SC(C)=O)C(C)C. The van der Waals surface area contributed by atoms with Gasteiger partial charge in [-0.1, -0.05) is 43.8 Å². The summed E-state index contributed by atoms with van der Waals surface area (Å²) in [7, 11) is 1.20. The lowest BCUT2D eigenvalue weighted by Crippen LogP contribution is -2.51. The van der Waals surface area contributed by atoms with E-state index in [4.69, 9.17) is 4.74 Å². The average Bonchev–Trinajstić information content (AvgIpc) is 2.62. The minimum absolute atomic E-state index is 0.110. The van der Waals surface area contributed by atoms with Crippen molar-refractivity contribution in [3.05, 3.63) is 35.9 Å². The Kier molecular flexibility index (Phi) is 8.84. The maximum Gasteiger partial charge on any atom is 0.330 e. The number of nitrogens with one attached hydrogen (secondary N) is 2. The van der Waals surface area contributed by atoms with Crippen molar-refractivity contribution in [1.82, 2.24) is 10.6 Å². The van der Waals surface area contributed by atoms with Crippen LogP contribution in [0.25, 0.3) is 0 Å². The lowest BCUT2D eigenvalue weighted by atomic mass is 10.1. The third-order valence-corrected chi connectivity index (χ3v) is 4.81. The van der Waals surface area contributed by atoms with Crippen LogP contribution >= 0.6 is 11.8 Å². The van der Waals surface area contributed by atoms with Crippen molar-refractivity contribution in [1.29, 1.82) is 0 Å². The fourth-order valence-corrected chi connectivity index (χ4v) is 2.95. The second-order valence-electron chi connectivity index (χ2n) is 5.93. The number of amides is 2. The van der Waals surface area contributed by atoms with Gasteiger partial charge in [0.2, 0.25) is 5.91 Å². The molecule has 0 aromatic heterocycles. The predicted octanol–water partition coefficient (Wildman–Crippen LogP) is 1.38. The first-order chi connectivity index (χ1) is 12.3. The van der Waals surface area contributed by atoms with Gasteiger partial charge in [-0.2, -0.15) is 0 Å². The van der Waals surface area contributed by atoms with E-state index in [1.807, 2.05) is 13.8 Å². The van der Waals surface area contributed by atoms with Crippen LogP contribution in [-0.4, -0.2) is 47.8 Å². The van der Waals surface area contributed by atoms with Gasteiger partial charge in [-0.25, -0.2) is 4.79 Å². The number of hydrogen-bond donors (Lipinski definition) is 2. The Hall–Kier alpha value is -2.35. The minimum atomic E-state index is -1.05. The van der Waals surface area contributed by atoms with Crippen LogP contribution in [0.5, 0.6) is 0 Å². The van der Waals surface area contributed by atoms with Gasteiger partial charge in [-0.05, 0) is 18.1 Å². The lowest BCUT2D eigenvalue weighted by molar-refractivity contribution is -0.144. The third kappa shape index (κ3) is 6.87. The number of thioether (sulfide) groups is 1. The summed E-state index contributed by atoms with van der Waals surface area (Å²) in [5.41, 5.74) is 0.439. The summed E-state index contributed by atoms with van der Waals surface area (Å²) in [6, 6.07) is 7.46. The van der Waals surface area contributed by atoms with E-state index in [-0.39, 0.29) is 23.5 Å². The molecule has 7 nitrogen and oxygen atoms in total. The van der Waals surface area contributed by atoms with Gasteiger partial charge in [0.1, 0.15) is 6.04 Å². The molecule has 0 fully saturated rings. The summed E-state index contributed by atoms with van der Waals surface area (Å²) >= 11 is 0.908. The maximum atomic E-state index is 12.5. The number of esters is 1. The Balaban J connectivity index is 2.77. The summed E-state index contributed by atoms with van der Waals surface area (Å²) in [6.07, 6.45) is 0. The van der Waals surface area contributed by atoms with Crippen molar-refractivity contribution in [2.75, 3.05) is 13.7 Å². The van der Waals surface area contributed by atoms with Gasteiger partial charge < -0.3 is 15.4 Å². The molecule has 0 heterocycles.